The number of nitrogens with two attached hydrogens (primary N) is 1. The third-order valence-electron chi connectivity index (χ3n) is 2.80. The van der Waals surface area contributed by atoms with Crippen LogP contribution >= 0.6 is 12.2 Å². The highest BCUT2D eigenvalue weighted by Gasteiger charge is 2.05. The van der Waals surface area contributed by atoms with E-state index in [-0.39, 0.29) is 0 Å². The second kappa shape index (κ2) is 5.97. The Morgan fingerprint density at radius 3 is 2.50 bits per heavy atom. The van der Waals surface area contributed by atoms with Crippen LogP contribution in [0.1, 0.15) is 23.6 Å². The Balaban J connectivity index is 2.70. The van der Waals surface area contributed by atoms with Crippen molar-refractivity contribution in [3.63, 3.8) is 0 Å². The van der Waals surface area contributed by atoms with Gasteiger partial charge in [-0.15, -0.1) is 0 Å². The van der Waals surface area contributed by atoms with Crippen LogP contribution < -0.4 is 5.73 Å². The largest absolute Gasteiger partial charge is 0.392 e. The van der Waals surface area contributed by atoms with Gasteiger partial charge in [-0.05, 0) is 37.1 Å². The Labute approximate surface area is 103 Å². The zero-order valence-electron chi connectivity index (χ0n) is 10.3. The van der Waals surface area contributed by atoms with E-state index in [2.05, 4.69) is 43.9 Å². The molecular formula is C13H20N2S. The van der Waals surface area contributed by atoms with Gasteiger partial charge < -0.3 is 5.73 Å². The fourth-order valence-electron chi connectivity index (χ4n) is 1.66. The summed E-state index contributed by atoms with van der Waals surface area (Å²) in [5.41, 5.74) is 9.56. The number of aryl methyl sites for hydroxylation is 2. The van der Waals surface area contributed by atoms with Gasteiger partial charge in [0.05, 0.1) is 4.99 Å². The zero-order valence-corrected chi connectivity index (χ0v) is 11.1. The number of hydrogen-bond acceptors (Lipinski definition) is 2. The van der Waals surface area contributed by atoms with E-state index < -0.39 is 0 Å². The first-order valence-corrected chi connectivity index (χ1v) is 6.00. The van der Waals surface area contributed by atoms with Crippen LogP contribution in [0.25, 0.3) is 0 Å². The van der Waals surface area contributed by atoms with E-state index in [0.717, 1.165) is 13.1 Å². The second-order valence-corrected chi connectivity index (χ2v) is 4.71. The SMILES string of the molecule is CCN(CC(N)=S)Cc1ccc(C)c(C)c1. The molecule has 0 unspecified atom stereocenters. The molecule has 2 N–H and O–H groups in total. The van der Waals surface area contributed by atoms with Gasteiger partial charge in [0.15, 0.2) is 0 Å². The third kappa shape index (κ3) is 3.91. The summed E-state index contributed by atoms with van der Waals surface area (Å²) in [6.45, 7) is 8.96. The van der Waals surface area contributed by atoms with Crippen molar-refractivity contribution in [1.29, 1.82) is 0 Å². The maximum absolute atomic E-state index is 5.57. The number of nitrogens with zero attached hydrogens (tertiary/aromatic N) is 1. The van der Waals surface area contributed by atoms with Crippen molar-refractivity contribution in [2.75, 3.05) is 13.1 Å². The van der Waals surface area contributed by atoms with E-state index in [1.165, 1.54) is 16.7 Å². The molecular weight excluding hydrogens is 216 g/mol. The summed E-state index contributed by atoms with van der Waals surface area (Å²) < 4.78 is 0. The van der Waals surface area contributed by atoms with Gasteiger partial charge in [0, 0.05) is 13.1 Å². The highest BCUT2D eigenvalue weighted by Crippen LogP contribution is 2.11. The van der Waals surface area contributed by atoms with E-state index in [0.29, 0.717) is 11.5 Å². The highest BCUT2D eigenvalue weighted by molar-refractivity contribution is 7.80. The topological polar surface area (TPSA) is 29.3 Å². The lowest BCUT2D eigenvalue weighted by atomic mass is 10.1. The average Bonchev–Trinajstić information content (AvgIpc) is 2.22. The first-order chi connectivity index (χ1) is 7.52. The Bertz CT molecular complexity index is 374. The molecule has 0 aliphatic rings. The Morgan fingerprint density at radius 2 is 2.00 bits per heavy atom. The summed E-state index contributed by atoms with van der Waals surface area (Å²) in [4.78, 5) is 2.80. The Morgan fingerprint density at radius 1 is 1.31 bits per heavy atom. The highest BCUT2D eigenvalue weighted by atomic mass is 32.1. The number of hydrogen-bond donors (Lipinski definition) is 1. The number of benzene rings is 1. The quantitative estimate of drug-likeness (QED) is 0.796. The van der Waals surface area contributed by atoms with Crippen LogP contribution in [0.3, 0.4) is 0 Å². The van der Waals surface area contributed by atoms with Crippen LogP contribution in [0, 0.1) is 13.8 Å². The summed E-state index contributed by atoms with van der Waals surface area (Å²) in [5, 5.41) is 0. The van der Waals surface area contributed by atoms with E-state index in [9.17, 15) is 0 Å². The van der Waals surface area contributed by atoms with Gasteiger partial charge in [0.2, 0.25) is 0 Å². The van der Waals surface area contributed by atoms with E-state index in [4.69, 9.17) is 18.0 Å². The van der Waals surface area contributed by atoms with E-state index in [1.54, 1.807) is 0 Å². The molecule has 1 aromatic carbocycles. The first-order valence-electron chi connectivity index (χ1n) is 5.59. The van der Waals surface area contributed by atoms with Crippen molar-refractivity contribution in [2.45, 2.75) is 27.3 Å². The summed E-state index contributed by atoms with van der Waals surface area (Å²) in [6, 6.07) is 6.57. The predicted octanol–water partition coefficient (Wildman–Crippen LogP) is 2.41. The molecule has 3 heteroatoms. The summed E-state index contributed by atoms with van der Waals surface area (Å²) >= 11 is 4.94. The van der Waals surface area contributed by atoms with Gasteiger partial charge in [-0.3, -0.25) is 4.90 Å². The molecule has 0 amide bonds. The second-order valence-electron chi connectivity index (χ2n) is 4.19. The molecule has 0 radical (unpaired) electrons. The van der Waals surface area contributed by atoms with Crippen molar-refractivity contribution in [3.05, 3.63) is 34.9 Å². The molecule has 0 heterocycles. The molecule has 0 aliphatic carbocycles. The molecule has 2 nitrogen and oxygen atoms in total. The lowest BCUT2D eigenvalue weighted by molar-refractivity contribution is 0.321. The summed E-state index contributed by atoms with van der Waals surface area (Å²) in [7, 11) is 0. The van der Waals surface area contributed by atoms with Gasteiger partial charge in [-0.25, -0.2) is 0 Å². The van der Waals surface area contributed by atoms with E-state index >= 15 is 0 Å². The van der Waals surface area contributed by atoms with Crippen LogP contribution in [-0.4, -0.2) is 23.0 Å². The van der Waals surface area contributed by atoms with Crippen molar-refractivity contribution in [1.82, 2.24) is 4.90 Å². The van der Waals surface area contributed by atoms with Gasteiger partial charge >= 0.3 is 0 Å². The minimum Gasteiger partial charge on any atom is -0.392 e. The zero-order chi connectivity index (χ0) is 12.1. The maximum Gasteiger partial charge on any atom is 0.0870 e. The lowest BCUT2D eigenvalue weighted by Gasteiger charge is -2.20. The van der Waals surface area contributed by atoms with E-state index in [1.807, 2.05) is 0 Å². The molecule has 0 fully saturated rings. The fraction of sp³-hybridized carbons (Fsp3) is 0.462. The number of likely N-dealkylation sites (N-methyl/N-ethyl adjacent to an activating group) is 1. The summed E-state index contributed by atoms with van der Waals surface area (Å²) in [5.74, 6) is 0. The molecule has 0 saturated heterocycles. The van der Waals surface area contributed by atoms with Crippen LogP contribution in [0.15, 0.2) is 18.2 Å². The molecule has 0 aliphatic heterocycles. The van der Waals surface area contributed by atoms with Gasteiger partial charge in [-0.1, -0.05) is 37.3 Å². The Kier molecular flexibility index (Phi) is 4.90. The minimum absolute atomic E-state index is 0.561. The molecule has 1 rings (SSSR count). The molecule has 0 bridgehead atoms. The van der Waals surface area contributed by atoms with Crippen LogP contribution in [-0.2, 0) is 6.54 Å². The monoisotopic (exact) mass is 236 g/mol. The van der Waals surface area contributed by atoms with Gasteiger partial charge in [0.25, 0.3) is 0 Å². The van der Waals surface area contributed by atoms with Gasteiger partial charge in [0.1, 0.15) is 0 Å². The molecule has 0 spiro atoms. The average molecular weight is 236 g/mol. The lowest BCUT2D eigenvalue weighted by Crippen LogP contribution is -2.32. The number of rotatable bonds is 5. The molecule has 88 valence electrons. The smallest absolute Gasteiger partial charge is 0.0870 e. The molecule has 0 aromatic heterocycles. The molecule has 0 atom stereocenters. The standard InChI is InChI=1S/C13H20N2S/c1-4-15(9-13(14)16)8-12-6-5-10(2)11(3)7-12/h5-7H,4,8-9H2,1-3H3,(H2,14,16). The van der Waals surface area contributed by atoms with Crippen molar-refractivity contribution in [3.8, 4) is 0 Å². The van der Waals surface area contributed by atoms with Crippen LogP contribution in [0.5, 0.6) is 0 Å². The third-order valence-corrected chi connectivity index (χ3v) is 2.93. The molecule has 1 aromatic rings. The molecule has 0 saturated carbocycles. The van der Waals surface area contributed by atoms with Gasteiger partial charge in [-0.2, -0.15) is 0 Å². The molecule has 16 heavy (non-hydrogen) atoms. The minimum atomic E-state index is 0.561. The van der Waals surface area contributed by atoms with Crippen molar-refractivity contribution in [2.24, 2.45) is 5.73 Å². The van der Waals surface area contributed by atoms with Crippen LogP contribution in [0.2, 0.25) is 0 Å². The predicted molar refractivity (Wildman–Crippen MR) is 73.7 cm³/mol. The van der Waals surface area contributed by atoms with Crippen molar-refractivity contribution >= 4 is 17.2 Å². The normalized spacial score (nSPS) is 10.8. The van der Waals surface area contributed by atoms with Crippen molar-refractivity contribution < 1.29 is 0 Å². The summed E-state index contributed by atoms with van der Waals surface area (Å²) in [6.07, 6.45) is 0. The van der Waals surface area contributed by atoms with Crippen LogP contribution in [0.4, 0.5) is 0 Å². The number of thiocarbonyl (C=S) groups is 1. The first kappa shape index (κ1) is 13.1. The fourth-order valence-corrected chi connectivity index (χ4v) is 1.84. The maximum atomic E-state index is 5.57. The Hall–Kier alpha value is -0.930.